The number of fused-ring (bicyclic) bond motifs is 3. The average Bonchev–Trinajstić information content (AvgIpc) is 3.07. The molecule has 0 radical (unpaired) electrons. The van der Waals surface area contributed by atoms with Gasteiger partial charge in [-0.15, -0.1) is 11.8 Å². The average molecular weight is 488 g/mol. The summed E-state index contributed by atoms with van der Waals surface area (Å²) in [6.07, 6.45) is 4.34. The number of carbonyl (C=O) groups is 2. The van der Waals surface area contributed by atoms with E-state index in [1.807, 2.05) is 19.2 Å². The Morgan fingerprint density at radius 1 is 1.21 bits per heavy atom. The number of nitrogens with one attached hydrogen (secondary N) is 1. The number of carbonyl (C=O) groups excluding carboxylic acids is 2. The molecular weight excluding hydrogens is 458 g/mol. The molecule has 8 nitrogen and oxygen atoms in total. The Morgan fingerprint density at radius 2 is 1.97 bits per heavy atom. The molecule has 0 aromatic heterocycles. The molecule has 1 aliphatic carbocycles. The highest BCUT2D eigenvalue weighted by molar-refractivity contribution is 7.98. The van der Waals surface area contributed by atoms with Gasteiger partial charge in [-0.25, -0.2) is 4.79 Å². The Hall–Kier alpha value is -3.20. The van der Waals surface area contributed by atoms with Crippen molar-refractivity contribution in [2.24, 2.45) is 0 Å². The second-order valence-electron chi connectivity index (χ2n) is 7.68. The van der Waals surface area contributed by atoms with Crippen LogP contribution in [0, 0.1) is 0 Å². The van der Waals surface area contributed by atoms with E-state index in [0.29, 0.717) is 35.5 Å². The zero-order valence-electron chi connectivity index (χ0n) is 19.8. The van der Waals surface area contributed by atoms with E-state index in [1.54, 1.807) is 18.2 Å². The Kier molecular flexibility index (Phi) is 8.81. The first kappa shape index (κ1) is 25.4. The van der Waals surface area contributed by atoms with Crippen molar-refractivity contribution >= 4 is 24.3 Å². The molecule has 2 aromatic carbocycles. The van der Waals surface area contributed by atoms with Crippen molar-refractivity contribution in [2.45, 2.75) is 43.5 Å². The van der Waals surface area contributed by atoms with Gasteiger partial charge in [0.1, 0.15) is 0 Å². The minimum atomic E-state index is -0.824. The lowest BCUT2D eigenvalue weighted by Gasteiger charge is -2.19. The molecule has 3 rings (SSSR count). The molecule has 0 saturated carbocycles. The van der Waals surface area contributed by atoms with Gasteiger partial charge in [0.25, 0.3) is 0 Å². The molecule has 0 bridgehead atoms. The van der Waals surface area contributed by atoms with Crippen molar-refractivity contribution in [3.05, 3.63) is 45.6 Å². The summed E-state index contributed by atoms with van der Waals surface area (Å²) in [5.41, 5.74) is 2.84. The van der Waals surface area contributed by atoms with Crippen molar-refractivity contribution < 1.29 is 28.5 Å². The van der Waals surface area contributed by atoms with Gasteiger partial charge >= 0.3 is 6.16 Å². The summed E-state index contributed by atoms with van der Waals surface area (Å²) in [6.45, 7) is 2.26. The van der Waals surface area contributed by atoms with Crippen molar-refractivity contribution in [1.82, 2.24) is 5.32 Å². The van der Waals surface area contributed by atoms with Gasteiger partial charge in [0.05, 0.1) is 31.8 Å². The molecule has 2 aromatic rings. The lowest BCUT2D eigenvalue weighted by atomic mass is 9.95. The van der Waals surface area contributed by atoms with Crippen LogP contribution in [0.1, 0.15) is 43.4 Å². The van der Waals surface area contributed by atoms with E-state index in [2.05, 4.69) is 5.32 Å². The molecule has 34 heavy (non-hydrogen) atoms. The van der Waals surface area contributed by atoms with Crippen LogP contribution in [0.25, 0.3) is 11.1 Å². The smallest absolute Gasteiger partial charge is 0.492 e. The minimum Gasteiger partial charge on any atom is -0.492 e. The molecular formula is C25H29NO7S. The highest BCUT2D eigenvalue weighted by Gasteiger charge is 2.29. The maximum atomic E-state index is 12.8. The van der Waals surface area contributed by atoms with Crippen LogP contribution in [0.5, 0.6) is 17.2 Å². The molecule has 9 heteroatoms. The predicted molar refractivity (Wildman–Crippen MR) is 130 cm³/mol. The number of hydrogen-bond donors (Lipinski definition) is 1. The highest BCUT2D eigenvalue weighted by Crippen LogP contribution is 2.50. The van der Waals surface area contributed by atoms with Crippen LogP contribution in [0.4, 0.5) is 4.79 Å². The number of unbranched alkanes of at least 4 members (excludes halogenated alkanes) is 1. The van der Waals surface area contributed by atoms with Crippen LogP contribution in [-0.4, -0.2) is 39.6 Å². The van der Waals surface area contributed by atoms with Gasteiger partial charge in [0, 0.05) is 5.56 Å². The Balaban J connectivity index is 2.22. The lowest BCUT2D eigenvalue weighted by molar-refractivity contribution is -0.110. The summed E-state index contributed by atoms with van der Waals surface area (Å²) in [4.78, 5) is 37.0. The van der Waals surface area contributed by atoms with Gasteiger partial charge in [-0.05, 0) is 60.4 Å². The molecule has 1 aliphatic rings. The van der Waals surface area contributed by atoms with Crippen LogP contribution < -0.4 is 25.0 Å². The molecule has 1 atom stereocenters. The first-order valence-corrected chi connectivity index (χ1v) is 12.3. The topological polar surface area (TPSA) is 100 Å². The number of methoxy groups -OCH3 is 2. The second kappa shape index (κ2) is 11.8. The lowest BCUT2D eigenvalue weighted by Crippen LogP contribution is -2.20. The number of ether oxygens (including phenoxy) is 4. The third-order valence-corrected chi connectivity index (χ3v) is 6.46. The van der Waals surface area contributed by atoms with E-state index in [9.17, 15) is 14.4 Å². The molecule has 182 valence electrons. The maximum absolute atomic E-state index is 12.8. The van der Waals surface area contributed by atoms with Gasteiger partial charge in [0.15, 0.2) is 16.9 Å². The molecule has 1 N–H and O–H groups in total. The Bertz CT molecular complexity index is 1120. The normalized spacial score (nSPS) is 14.2. The van der Waals surface area contributed by atoms with Gasteiger partial charge in [-0.1, -0.05) is 19.4 Å². The van der Waals surface area contributed by atoms with E-state index in [-0.39, 0.29) is 29.6 Å². The summed E-state index contributed by atoms with van der Waals surface area (Å²) < 4.78 is 22.0. The quantitative estimate of drug-likeness (QED) is 0.181. The highest BCUT2D eigenvalue weighted by atomic mass is 32.2. The van der Waals surface area contributed by atoms with Crippen molar-refractivity contribution in [2.75, 3.05) is 27.1 Å². The number of rotatable bonds is 9. The fourth-order valence-electron chi connectivity index (χ4n) is 4.07. The molecule has 0 fully saturated rings. The molecule has 0 spiro atoms. The second-order valence-corrected chi connectivity index (χ2v) is 8.53. The number of thioether (sulfide) groups is 1. The largest absolute Gasteiger partial charge is 0.513 e. The molecule has 0 saturated heterocycles. The van der Waals surface area contributed by atoms with Crippen molar-refractivity contribution in [3.63, 3.8) is 0 Å². The summed E-state index contributed by atoms with van der Waals surface area (Å²) >= 11 is 1.35. The summed E-state index contributed by atoms with van der Waals surface area (Å²) in [5, 5.41) is 2.83. The molecule has 0 aliphatic heterocycles. The Morgan fingerprint density at radius 3 is 2.62 bits per heavy atom. The number of benzene rings is 1. The van der Waals surface area contributed by atoms with Crippen LogP contribution in [0.2, 0.25) is 0 Å². The van der Waals surface area contributed by atoms with E-state index >= 15 is 0 Å². The third-order valence-electron chi connectivity index (χ3n) is 5.68. The Labute approximate surface area is 202 Å². The molecule has 1 unspecified atom stereocenters. The van der Waals surface area contributed by atoms with E-state index < -0.39 is 6.16 Å². The molecule has 1 amide bonds. The van der Waals surface area contributed by atoms with Crippen LogP contribution in [0.15, 0.2) is 34.0 Å². The predicted octanol–water partition coefficient (Wildman–Crippen LogP) is 4.50. The van der Waals surface area contributed by atoms with Gasteiger partial charge in [-0.2, -0.15) is 0 Å². The van der Waals surface area contributed by atoms with Gasteiger partial charge < -0.3 is 24.3 Å². The van der Waals surface area contributed by atoms with Gasteiger partial charge in [-0.3, -0.25) is 9.59 Å². The minimum absolute atomic E-state index is 0.129. The zero-order chi connectivity index (χ0) is 24.7. The monoisotopic (exact) mass is 487 g/mol. The number of hydrogen-bond acceptors (Lipinski definition) is 8. The van der Waals surface area contributed by atoms with Crippen molar-refractivity contribution in [3.8, 4) is 28.4 Å². The first-order chi connectivity index (χ1) is 16.5. The van der Waals surface area contributed by atoms with E-state index in [4.69, 9.17) is 18.9 Å². The zero-order valence-corrected chi connectivity index (χ0v) is 20.6. The SMILES string of the molecule is CCCCOC(=O)Oc1cc2c(c(OC)c1OC)-c1ccc(SC)c(=O)cc1C(NC=O)CC2. The first-order valence-electron chi connectivity index (χ1n) is 11.0. The third kappa shape index (κ3) is 5.30. The fraction of sp³-hybridized carbons (Fsp3) is 0.400. The summed E-state index contributed by atoms with van der Waals surface area (Å²) in [5.74, 6) is 0.784. The standard InChI is InChI=1S/C25H29NO7S/c1-5-6-11-32-25(29)33-20-12-15-7-9-18(26-14-27)17-13-19(28)21(34-4)10-8-16(17)22(15)24(31-3)23(20)30-2/h8,10,12-14,18H,5-7,9,11H2,1-4H3,(H,26,27). The summed E-state index contributed by atoms with van der Waals surface area (Å²) in [6, 6.07) is 6.53. The number of aryl methyl sites for hydroxylation is 1. The van der Waals surface area contributed by atoms with Crippen LogP contribution >= 0.6 is 11.8 Å². The van der Waals surface area contributed by atoms with E-state index in [0.717, 1.165) is 29.5 Å². The van der Waals surface area contributed by atoms with Crippen LogP contribution in [0.3, 0.4) is 0 Å². The van der Waals surface area contributed by atoms with E-state index in [1.165, 1.54) is 26.0 Å². The summed E-state index contributed by atoms with van der Waals surface area (Å²) in [7, 11) is 2.96. The fourth-order valence-corrected chi connectivity index (χ4v) is 4.53. The maximum Gasteiger partial charge on any atom is 0.513 e. The van der Waals surface area contributed by atoms with Crippen molar-refractivity contribution in [1.29, 1.82) is 0 Å². The number of amides is 1. The molecule has 0 heterocycles. The van der Waals surface area contributed by atoms with Crippen LogP contribution in [-0.2, 0) is 16.0 Å². The van der Waals surface area contributed by atoms with Gasteiger partial charge in [0.2, 0.25) is 12.2 Å².